The molecule has 0 spiro atoms. The van der Waals surface area contributed by atoms with E-state index in [1.807, 2.05) is 42.5 Å². The van der Waals surface area contributed by atoms with E-state index in [2.05, 4.69) is 22.7 Å². The van der Waals surface area contributed by atoms with E-state index >= 15 is 0 Å². The SMILES string of the molecule is N#CC(C#N)=NNc1ccc(CCc2ccccc2)cc1. The van der Waals surface area contributed by atoms with Crippen LogP contribution in [0.1, 0.15) is 11.1 Å². The van der Waals surface area contributed by atoms with E-state index in [4.69, 9.17) is 10.5 Å². The molecule has 0 bridgehead atoms. The summed E-state index contributed by atoms with van der Waals surface area (Å²) >= 11 is 0. The van der Waals surface area contributed by atoms with E-state index in [9.17, 15) is 0 Å². The Morgan fingerprint density at radius 3 is 2.00 bits per heavy atom. The predicted octanol–water partition coefficient (Wildman–Crippen LogP) is 3.29. The van der Waals surface area contributed by atoms with Gasteiger partial charge < -0.3 is 0 Å². The summed E-state index contributed by atoms with van der Waals surface area (Å²) in [5, 5.41) is 20.9. The molecule has 0 aliphatic carbocycles. The summed E-state index contributed by atoms with van der Waals surface area (Å²) in [6.07, 6.45) is 1.97. The van der Waals surface area contributed by atoms with Crippen molar-refractivity contribution in [1.82, 2.24) is 0 Å². The summed E-state index contributed by atoms with van der Waals surface area (Å²) in [5.41, 5.74) is 5.80. The van der Waals surface area contributed by atoms with E-state index in [1.54, 1.807) is 12.1 Å². The van der Waals surface area contributed by atoms with Crippen LogP contribution in [-0.2, 0) is 12.8 Å². The van der Waals surface area contributed by atoms with E-state index < -0.39 is 0 Å². The lowest BCUT2D eigenvalue weighted by molar-refractivity contribution is 0.960. The molecule has 1 N–H and O–H groups in total. The van der Waals surface area contributed by atoms with Crippen molar-refractivity contribution in [3.05, 3.63) is 65.7 Å². The monoisotopic (exact) mass is 274 g/mol. The van der Waals surface area contributed by atoms with Gasteiger partial charge in [0.2, 0.25) is 5.71 Å². The smallest absolute Gasteiger partial charge is 0.237 e. The molecule has 0 heterocycles. The number of hydrogen-bond donors (Lipinski definition) is 1. The molecule has 102 valence electrons. The molecule has 0 atom stereocenters. The molecule has 0 unspecified atom stereocenters. The van der Waals surface area contributed by atoms with Gasteiger partial charge in [-0.15, -0.1) is 0 Å². The third-order valence-electron chi connectivity index (χ3n) is 3.01. The molecule has 0 aliphatic heterocycles. The summed E-state index contributed by atoms with van der Waals surface area (Å²) in [4.78, 5) is 0. The third kappa shape index (κ3) is 4.49. The predicted molar refractivity (Wildman–Crippen MR) is 82.6 cm³/mol. The molecular weight excluding hydrogens is 260 g/mol. The number of rotatable bonds is 5. The zero-order valence-electron chi connectivity index (χ0n) is 11.5. The van der Waals surface area contributed by atoms with Crippen molar-refractivity contribution in [2.75, 3.05) is 5.43 Å². The minimum Gasteiger partial charge on any atom is -0.277 e. The first kappa shape index (κ1) is 14.3. The highest BCUT2D eigenvalue weighted by Gasteiger charge is 1.97. The van der Waals surface area contributed by atoms with Gasteiger partial charge in [0.1, 0.15) is 12.1 Å². The lowest BCUT2D eigenvalue weighted by atomic mass is 10.0. The number of benzene rings is 2. The third-order valence-corrected chi connectivity index (χ3v) is 3.01. The Labute approximate surface area is 124 Å². The second-order valence-corrected chi connectivity index (χ2v) is 4.48. The van der Waals surface area contributed by atoms with Gasteiger partial charge in [-0.25, -0.2) is 0 Å². The summed E-state index contributed by atoms with van der Waals surface area (Å²) in [5.74, 6) is 0. The average molecular weight is 274 g/mol. The zero-order chi connectivity index (χ0) is 14.9. The molecule has 0 amide bonds. The fraction of sp³-hybridized carbons (Fsp3) is 0.118. The summed E-state index contributed by atoms with van der Waals surface area (Å²) in [6, 6.07) is 21.5. The first-order valence-corrected chi connectivity index (χ1v) is 6.58. The Morgan fingerprint density at radius 2 is 1.43 bits per heavy atom. The minimum absolute atomic E-state index is 0.192. The lowest BCUT2D eigenvalue weighted by Crippen LogP contribution is -1.97. The quantitative estimate of drug-likeness (QED) is 0.671. The van der Waals surface area contributed by atoms with Crippen LogP contribution in [0.15, 0.2) is 59.7 Å². The Hall–Kier alpha value is -3.11. The van der Waals surface area contributed by atoms with Gasteiger partial charge in [0, 0.05) is 0 Å². The summed E-state index contributed by atoms with van der Waals surface area (Å²) in [6.45, 7) is 0. The van der Waals surface area contributed by atoms with Gasteiger partial charge in [-0.3, -0.25) is 5.43 Å². The molecule has 21 heavy (non-hydrogen) atoms. The van der Waals surface area contributed by atoms with Crippen molar-refractivity contribution < 1.29 is 0 Å². The van der Waals surface area contributed by atoms with Crippen LogP contribution in [0, 0.1) is 22.7 Å². The van der Waals surface area contributed by atoms with Crippen molar-refractivity contribution in [2.24, 2.45) is 5.10 Å². The molecule has 0 aliphatic rings. The van der Waals surface area contributed by atoms with Gasteiger partial charge in [0.15, 0.2) is 0 Å². The van der Waals surface area contributed by atoms with Crippen molar-refractivity contribution in [3.63, 3.8) is 0 Å². The van der Waals surface area contributed by atoms with Crippen molar-refractivity contribution >= 4 is 11.4 Å². The Morgan fingerprint density at radius 1 is 0.857 bits per heavy atom. The normalized spacial score (nSPS) is 9.24. The molecule has 0 fully saturated rings. The largest absolute Gasteiger partial charge is 0.277 e. The van der Waals surface area contributed by atoms with Crippen LogP contribution in [0.4, 0.5) is 5.69 Å². The molecule has 2 aromatic carbocycles. The van der Waals surface area contributed by atoms with E-state index in [1.165, 1.54) is 11.1 Å². The average Bonchev–Trinajstić information content (AvgIpc) is 2.56. The maximum absolute atomic E-state index is 8.58. The molecule has 4 nitrogen and oxygen atoms in total. The zero-order valence-corrected chi connectivity index (χ0v) is 11.5. The number of hydrogen-bond acceptors (Lipinski definition) is 4. The number of anilines is 1. The molecule has 4 heteroatoms. The first-order chi connectivity index (χ1) is 10.3. The van der Waals surface area contributed by atoms with Crippen molar-refractivity contribution in [3.8, 4) is 12.1 Å². The second kappa shape index (κ2) is 7.47. The van der Waals surface area contributed by atoms with Crippen LogP contribution < -0.4 is 5.43 Å². The second-order valence-electron chi connectivity index (χ2n) is 4.48. The maximum Gasteiger partial charge on any atom is 0.237 e. The Balaban J connectivity index is 1.92. The number of nitrogens with one attached hydrogen (secondary N) is 1. The summed E-state index contributed by atoms with van der Waals surface area (Å²) < 4.78 is 0. The Kier molecular flexibility index (Phi) is 5.09. The molecule has 2 aromatic rings. The van der Waals surface area contributed by atoms with E-state index in [0.717, 1.165) is 18.5 Å². The van der Waals surface area contributed by atoms with Gasteiger partial charge in [0.25, 0.3) is 0 Å². The molecule has 0 saturated heterocycles. The van der Waals surface area contributed by atoms with Crippen LogP contribution in [0.25, 0.3) is 0 Å². The Bertz CT molecular complexity index is 672. The number of aryl methyl sites for hydroxylation is 2. The van der Waals surface area contributed by atoms with Gasteiger partial charge in [-0.2, -0.15) is 15.6 Å². The van der Waals surface area contributed by atoms with Gasteiger partial charge in [-0.1, -0.05) is 42.5 Å². The standard InChI is InChI=1S/C17H14N4/c18-12-17(13-19)21-20-16-10-8-15(9-11-16)7-6-14-4-2-1-3-5-14/h1-5,8-11,20H,6-7H2. The highest BCUT2D eigenvalue weighted by molar-refractivity contribution is 6.10. The topological polar surface area (TPSA) is 72.0 Å². The van der Waals surface area contributed by atoms with Crippen LogP contribution in [-0.4, -0.2) is 5.71 Å². The van der Waals surface area contributed by atoms with Crippen LogP contribution in [0.5, 0.6) is 0 Å². The number of nitrogens with zero attached hydrogens (tertiary/aromatic N) is 3. The van der Waals surface area contributed by atoms with Crippen LogP contribution in [0.3, 0.4) is 0 Å². The number of nitriles is 2. The molecule has 2 rings (SSSR count). The first-order valence-electron chi connectivity index (χ1n) is 6.58. The fourth-order valence-corrected chi connectivity index (χ4v) is 1.87. The number of hydrazone groups is 1. The molecule has 0 radical (unpaired) electrons. The highest BCUT2D eigenvalue weighted by Crippen LogP contribution is 2.12. The van der Waals surface area contributed by atoms with Crippen LogP contribution in [0.2, 0.25) is 0 Å². The van der Waals surface area contributed by atoms with Gasteiger partial charge in [-0.05, 0) is 36.1 Å². The maximum atomic E-state index is 8.58. The molecule has 0 saturated carbocycles. The van der Waals surface area contributed by atoms with Crippen LogP contribution >= 0.6 is 0 Å². The highest BCUT2D eigenvalue weighted by atomic mass is 15.3. The fourth-order valence-electron chi connectivity index (χ4n) is 1.87. The lowest BCUT2D eigenvalue weighted by Gasteiger charge is -2.04. The minimum atomic E-state index is -0.192. The van der Waals surface area contributed by atoms with Gasteiger partial charge in [0.05, 0.1) is 5.69 Å². The van der Waals surface area contributed by atoms with E-state index in [0.29, 0.717) is 0 Å². The van der Waals surface area contributed by atoms with Gasteiger partial charge >= 0.3 is 0 Å². The molecule has 0 aromatic heterocycles. The van der Waals surface area contributed by atoms with Crippen molar-refractivity contribution in [1.29, 1.82) is 10.5 Å². The van der Waals surface area contributed by atoms with E-state index in [-0.39, 0.29) is 5.71 Å². The summed E-state index contributed by atoms with van der Waals surface area (Å²) in [7, 11) is 0. The molecular formula is C17H14N4. The van der Waals surface area contributed by atoms with Crippen molar-refractivity contribution in [2.45, 2.75) is 12.8 Å².